The molecule has 0 saturated carbocycles. The zero-order valence-electron chi connectivity index (χ0n) is 19.1. The van der Waals surface area contributed by atoms with Crippen LogP contribution >= 0.6 is 0 Å². The lowest BCUT2D eigenvalue weighted by molar-refractivity contribution is -0.165. The van der Waals surface area contributed by atoms with Crippen molar-refractivity contribution in [2.45, 2.75) is 115 Å². The summed E-state index contributed by atoms with van der Waals surface area (Å²) in [6.07, 6.45) is 18.9. The second-order valence-electron chi connectivity index (χ2n) is 8.29. The molecule has 182 valence electrons. The summed E-state index contributed by atoms with van der Waals surface area (Å²) in [5.74, 6) is -0.392. The van der Waals surface area contributed by atoms with E-state index in [0.717, 1.165) is 32.1 Å². The molecule has 7 nitrogen and oxygen atoms in total. The molecule has 1 fully saturated rings. The van der Waals surface area contributed by atoms with Crippen molar-refractivity contribution in [3.05, 3.63) is 12.2 Å². The van der Waals surface area contributed by atoms with Gasteiger partial charge in [-0.05, 0) is 32.1 Å². The van der Waals surface area contributed by atoms with Gasteiger partial charge in [0.05, 0.1) is 6.61 Å². The van der Waals surface area contributed by atoms with Gasteiger partial charge in [-0.2, -0.15) is 8.42 Å². The Kier molecular flexibility index (Phi) is 15.9. The van der Waals surface area contributed by atoms with E-state index in [4.69, 9.17) is 14.0 Å². The van der Waals surface area contributed by atoms with Crippen LogP contribution in [0.3, 0.4) is 0 Å². The number of rotatable bonds is 18. The third kappa shape index (κ3) is 16.3. The number of hydrogen-bond donors (Lipinski definition) is 1. The molecule has 1 rings (SSSR count). The normalized spacial score (nSPS) is 19.7. The van der Waals surface area contributed by atoms with Gasteiger partial charge >= 0.3 is 16.4 Å². The van der Waals surface area contributed by atoms with Crippen LogP contribution in [0, 0.1) is 0 Å². The van der Waals surface area contributed by atoms with Crippen molar-refractivity contribution < 1.29 is 31.4 Å². The van der Waals surface area contributed by atoms with Gasteiger partial charge in [-0.1, -0.05) is 70.4 Å². The smallest absolute Gasteiger partial charge is 0.397 e. The molecule has 0 bridgehead atoms. The molecule has 0 amide bonds. The van der Waals surface area contributed by atoms with E-state index in [2.05, 4.69) is 23.3 Å². The van der Waals surface area contributed by atoms with Crippen LogP contribution < -0.4 is 0 Å². The first-order valence-electron chi connectivity index (χ1n) is 12.0. The van der Waals surface area contributed by atoms with Crippen LogP contribution in [0.5, 0.6) is 0 Å². The van der Waals surface area contributed by atoms with E-state index in [0.29, 0.717) is 6.61 Å². The minimum absolute atomic E-state index is 0.0678. The predicted molar refractivity (Wildman–Crippen MR) is 121 cm³/mol. The van der Waals surface area contributed by atoms with Crippen LogP contribution in [0.15, 0.2) is 12.2 Å². The quantitative estimate of drug-likeness (QED) is 0.123. The molecule has 8 heteroatoms. The molecule has 1 N–H and O–H groups in total. The molecule has 1 aliphatic rings. The van der Waals surface area contributed by atoms with Gasteiger partial charge in [0.15, 0.2) is 6.10 Å². The fraction of sp³-hybridized carbons (Fsp3) is 0.870. The fourth-order valence-electron chi connectivity index (χ4n) is 3.64. The van der Waals surface area contributed by atoms with Crippen LogP contribution in [-0.4, -0.2) is 44.4 Å². The predicted octanol–water partition coefficient (Wildman–Crippen LogP) is 5.54. The van der Waals surface area contributed by atoms with Crippen molar-refractivity contribution in [2.75, 3.05) is 13.2 Å². The highest BCUT2D eigenvalue weighted by Gasteiger charge is 2.33. The zero-order chi connectivity index (χ0) is 22.8. The Hall–Kier alpha value is -0.960. The molecule has 0 aromatic carbocycles. The Balaban J connectivity index is 1.99. The van der Waals surface area contributed by atoms with Crippen LogP contribution in [0.2, 0.25) is 0 Å². The van der Waals surface area contributed by atoms with E-state index in [1.165, 1.54) is 51.4 Å². The average molecular weight is 463 g/mol. The maximum absolute atomic E-state index is 12.0. The standard InChI is InChI=1S/C23H42O7S/c1-2-3-4-5-6-7-8-9-10-11-12-13-14-15-16-17-23(24)29-22-20-28-19-18-21(22)30-31(25,26)27/h9-10,21-22H,2-8,11-20H2,1H3,(H,25,26,27)/b10-9+/t21-,22+/m0/s1. The van der Waals surface area contributed by atoms with Crippen molar-refractivity contribution in [2.24, 2.45) is 0 Å². The summed E-state index contributed by atoms with van der Waals surface area (Å²) < 4.78 is 45.8. The molecule has 0 radical (unpaired) electrons. The molecule has 0 aromatic heterocycles. The summed E-state index contributed by atoms with van der Waals surface area (Å²) >= 11 is 0. The number of ether oxygens (including phenoxy) is 2. The second-order valence-corrected chi connectivity index (χ2v) is 9.34. The monoisotopic (exact) mass is 462 g/mol. The average Bonchev–Trinajstić information content (AvgIpc) is 2.71. The highest BCUT2D eigenvalue weighted by molar-refractivity contribution is 7.80. The van der Waals surface area contributed by atoms with Crippen LogP contribution in [0.1, 0.15) is 103 Å². The minimum atomic E-state index is -4.59. The topological polar surface area (TPSA) is 99.1 Å². The lowest BCUT2D eigenvalue weighted by Crippen LogP contribution is -2.42. The van der Waals surface area contributed by atoms with Gasteiger partial charge in [0.1, 0.15) is 6.10 Å². The van der Waals surface area contributed by atoms with E-state index in [-0.39, 0.29) is 19.4 Å². The lowest BCUT2D eigenvalue weighted by Gasteiger charge is -2.29. The molecule has 1 aliphatic heterocycles. The fourth-order valence-corrected chi connectivity index (χ4v) is 4.17. The summed E-state index contributed by atoms with van der Waals surface area (Å²) in [6, 6.07) is 0. The summed E-state index contributed by atoms with van der Waals surface area (Å²) in [5.41, 5.74) is 0. The van der Waals surface area contributed by atoms with Gasteiger partial charge in [0.2, 0.25) is 0 Å². The van der Waals surface area contributed by atoms with Crippen molar-refractivity contribution in [3.8, 4) is 0 Å². The third-order valence-corrected chi connectivity index (χ3v) is 5.90. The van der Waals surface area contributed by atoms with Gasteiger partial charge in [0, 0.05) is 19.4 Å². The van der Waals surface area contributed by atoms with Gasteiger partial charge in [-0.15, -0.1) is 0 Å². The Morgan fingerprint density at radius 3 is 2.13 bits per heavy atom. The number of hydrogen-bond acceptors (Lipinski definition) is 6. The van der Waals surface area contributed by atoms with Crippen molar-refractivity contribution >= 4 is 16.4 Å². The molecular formula is C23H42O7S. The van der Waals surface area contributed by atoms with Crippen LogP contribution in [0.4, 0.5) is 0 Å². The Bertz CT molecular complexity index is 589. The van der Waals surface area contributed by atoms with Crippen molar-refractivity contribution in [1.82, 2.24) is 0 Å². The summed E-state index contributed by atoms with van der Waals surface area (Å²) in [6.45, 7) is 2.61. The molecule has 1 saturated heterocycles. The molecule has 2 atom stereocenters. The molecule has 0 spiro atoms. The van der Waals surface area contributed by atoms with E-state index in [9.17, 15) is 13.2 Å². The van der Waals surface area contributed by atoms with Crippen molar-refractivity contribution in [1.29, 1.82) is 0 Å². The van der Waals surface area contributed by atoms with Crippen LogP contribution in [0.25, 0.3) is 0 Å². The van der Waals surface area contributed by atoms with Gasteiger partial charge in [-0.3, -0.25) is 9.35 Å². The highest BCUT2D eigenvalue weighted by atomic mass is 32.3. The highest BCUT2D eigenvalue weighted by Crippen LogP contribution is 2.18. The Morgan fingerprint density at radius 1 is 0.935 bits per heavy atom. The first-order valence-corrected chi connectivity index (χ1v) is 13.4. The van der Waals surface area contributed by atoms with E-state index < -0.39 is 28.6 Å². The number of esters is 1. The number of carbonyl (C=O) groups excluding carboxylic acids is 1. The maximum atomic E-state index is 12.0. The van der Waals surface area contributed by atoms with E-state index in [1.807, 2.05) is 0 Å². The van der Waals surface area contributed by atoms with Crippen LogP contribution in [-0.2, 0) is 28.9 Å². The maximum Gasteiger partial charge on any atom is 0.397 e. The molecule has 0 aliphatic carbocycles. The molecule has 1 heterocycles. The molecule has 0 unspecified atom stereocenters. The first-order chi connectivity index (χ1) is 14.9. The van der Waals surface area contributed by atoms with E-state index in [1.54, 1.807) is 0 Å². The minimum Gasteiger partial charge on any atom is -0.457 e. The number of allylic oxidation sites excluding steroid dienone is 2. The first kappa shape index (κ1) is 28.1. The Labute approximate surface area is 188 Å². The van der Waals surface area contributed by atoms with Gasteiger partial charge in [0.25, 0.3) is 0 Å². The second kappa shape index (κ2) is 17.6. The lowest BCUT2D eigenvalue weighted by atomic mass is 10.1. The van der Waals surface area contributed by atoms with E-state index >= 15 is 0 Å². The summed E-state index contributed by atoms with van der Waals surface area (Å²) in [5, 5.41) is 0. The van der Waals surface area contributed by atoms with Gasteiger partial charge < -0.3 is 9.47 Å². The molecule has 31 heavy (non-hydrogen) atoms. The van der Waals surface area contributed by atoms with Crippen molar-refractivity contribution in [3.63, 3.8) is 0 Å². The number of carbonyl (C=O) groups is 1. The largest absolute Gasteiger partial charge is 0.457 e. The SMILES string of the molecule is CCCCCCCC/C=C/CCCCCCCC(=O)O[C@@H]1COCC[C@@H]1OS(=O)(=O)O. The third-order valence-electron chi connectivity index (χ3n) is 5.41. The molecular weight excluding hydrogens is 420 g/mol. The zero-order valence-corrected chi connectivity index (χ0v) is 20.0. The summed E-state index contributed by atoms with van der Waals surface area (Å²) in [4.78, 5) is 12.0. The summed E-state index contributed by atoms with van der Waals surface area (Å²) in [7, 11) is -4.59. The number of unbranched alkanes of at least 4 members (excludes halogenated alkanes) is 11. The Morgan fingerprint density at radius 2 is 1.52 bits per heavy atom. The molecule has 0 aromatic rings. The van der Waals surface area contributed by atoms with Gasteiger partial charge in [-0.25, -0.2) is 4.18 Å².